The second-order valence-corrected chi connectivity index (χ2v) is 7.58. The first kappa shape index (κ1) is 15.8. The molecule has 21 heavy (non-hydrogen) atoms. The molecule has 1 saturated carbocycles. The Labute approximate surface area is 128 Å². The van der Waals surface area contributed by atoms with Gasteiger partial charge in [0.05, 0.1) is 12.7 Å². The van der Waals surface area contributed by atoms with E-state index in [-0.39, 0.29) is 6.61 Å². The monoisotopic (exact) mass is 327 g/mol. The highest BCUT2D eigenvalue weighted by atomic mass is 35.5. The summed E-state index contributed by atoms with van der Waals surface area (Å²) >= 11 is 5.81. The predicted octanol–water partition coefficient (Wildman–Crippen LogP) is 1.92. The Morgan fingerprint density at radius 3 is 2.43 bits per heavy atom. The van der Waals surface area contributed by atoms with Gasteiger partial charge in [0.1, 0.15) is 5.25 Å². The number of carbonyl (C=O) groups is 1. The third kappa shape index (κ3) is 2.52. The van der Waals surface area contributed by atoms with Gasteiger partial charge in [-0.3, -0.25) is 4.79 Å². The lowest BCUT2D eigenvalue weighted by atomic mass is 10.0. The van der Waals surface area contributed by atoms with Crippen LogP contribution in [0.5, 0.6) is 0 Å². The van der Waals surface area contributed by atoms with E-state index in [4.69, 9.17) is 16.3 Å². The van der Waals surface area contributed by atoms with Crippen LogP contribution < -0.4 is 0 Å². The number of hydrogen-bond acceptors (Lipinski definition) is 5. The Morgan fingerprint density at radius 2 is 2.00 bits per heavy atom. The largest absolute Gasteiger partial charge is 0.465 e. The van der Waals surface area contributed by atoms with Crippen LogP contribution in [0, 0.1) is 16.7 Å². The Kier molecular flexibility index (Phi) is 4.00. The number of carbonyl (C=O) groups excluding carboxylic acids is 1. The van der Waals surface area contributed by atoms with Crippen molar-refractivity contribution in [1.82, 2.24) is 0 Å². The standard InChI is InChI=1S/C14H14ClNO4S/c1-3-20-13(17)14(8-16)11(12(14)21(2,18)19)9-4-6-10(15)7-5-9/h4-7,11-12H,3H2,1-2H3/t11-,12-,14-/m1/s1. The average Bonchev–Trinajstić information content (AvgIpc) is 3.10. The van der Waals surface area contributed by atoms with E-state index >= 15 is 0 Å². The van der Waals surface area contributed by atoms with Crippen LogP contribution in [0.2, 0.25) is 5.02 Å². The van der Waals surface area contributed by atoms with Crippen molar-refractivity contribution in [3.63, 3.8) is 0 Å². The molecule has 1 aliphatic rings. The number of rotatable bonds is 4. The Bertz CT molecular complexity index is 707. The van der Waals surface area contributed by atoms with Gasteiger partial charge >= 0.3 is 5.97 Å². The maximum absolute atomic E-state index is 12.1. The lowest BCUT2D eigenvalue weighted by molar-refractivity contribution is -0.147. The van der Waals surface area contributed by atoms with Crippen LogP contribution in [-0.4, -0.2) is 32.5 Å². The summed E-state index contributed by atoms with van der Waals surface area (Å²) in [5.41, 5.74) is -1.08. The van der Waals surface area contributed by atoms with Gasteiger partial charge in [-0.2, -0.15) is 5.26 Å². The molecule has 0 unspecified atom stereocenters. The number of halogens is 1. The highest BCUT2D eigenvalue weighted by Gasteiger charge is 2.76. The summed E-state index contributed by atoms with van der Waals surface area (Å²) in [5, 5.41) is 8.84. The van der Waals surface area contributed by atoms with Crippen LogP contribution in [0.1, 0.15) is 18.4 Å². The second-order valence-electron chi connectivity index (χ2n) is 4.98. The van der Waals surface area contributed by atoms with Gasteiger partial charge in [-0.05, 0) is 24.6 Å². The fraction of sp³-hybridized carbons (Fsp3) is 0.429. The van der Waals surface area contributed by atoms with E-state index in [1.165, 1.54) is 0 Å². The van der Waals surface area contributed by atoms with Crippen LogP contribution in [0.4, 0.5) is 0 Å². The van der Waals surface area contributed by atoms with Crippen molar-refractivity contribution >= 4 is 27.4 Å². The number of sulfone groups is 1. The Hall–Kier alpha value is -1.58. The summed E-state index contributed by atoms with van der Waals surface area (Å²) in [6.07, 6.45) is 1.03. The third-order valence-corrected chi connectivity index (χ3v) is 5.44. The SMILES string of the molecule is CCOC(=O)[C@]1(C#N)[C@H](c2ccc(Cl)cc2)[C@H]1S(C)(=O)=O. The second kappa shape index (κ2) is 5.32. The summed E-state index contributed by atoms with van der Waals surface area (Å²) in [4.78, 5) is 12.1. The van der Waals surface area contributed by atoms with Gasteiger partial charge in [0.25, 0.3) is 0 Å². The first-order valence-electron chi connectivity index (χ1n) is 6.31. The highest BCUT2D eigenvalue weighted by Crippen LogP contribution is 2.63. The molecule has 112 valence electrons. The number of benzene rings is 1. The van der Waals surface area contributed by atoms with Gasteiger partial charge in [-0.1, -0.05) is 23.7 Å². The zero-order valence-corrected chi connectivity index (χ0v) is 13.1. The van der Waals surface area contributed by atoms with E-state index in [1.54, 1.807) is 31.2 Å². The van der Waals surface area contributed by atoms with Gasteiger partial charge in [0, 0.05) is 17.2 Å². The predicted molar refractivity (Wildman–Crippen MR) is 77.5 cm³/mol. The molecule has 0 spiro atoms. The van der Waals surface area contributed by atoms with Crippen LogP contribution in [0.3, 0.4) is 0 Å². The minimum atomic E-state index is -3.58. The molecule has 0 amide bonds. The number of hydrogen-bond donors (Lipinski definition) is 0. The van der Waals surface area contributed by atoms with Gasteiger partial charge in [0.2, 0.25) is 0 Å². The van der Waals surface area contributed by atoms with Gasteiger partial charge in [0.15, 0.2) is 15.3 Å². The van der Waals surface area contributed by atoms with Crippen molar-refractivity contribution in [2.75, 3.05) is 12.9 Å². The van der Waals surface area contributed by atoms with E-state index in [1.807, 2.05) is 6.07 Å². The van der Waals surface area contributed by atoms with Crippen molar-refractivity contribution < 1.29 is 17.9 Å². The molecular weight excluding hydrogens is 314 g/mol. The fourth-order valence-electron chi connectivity index (χ4n) is 2.72. The number of ether oxygens (including phenoxy) is 1. The van der Waals surface area contributed by atoms with Gasteiger partial charge in [-0.25, -0.2) is 8.42 Å². The normalized spacial score (nSPS) is 27.7. The topological polar surface area (TPSA) is 84.2 Å². The summed E-state index contributed by atoms with van der Waals surface area (Å²) in [5.74, 6) is -1.52. The highest BCUT2D eigenvalue weighted by molar-refractivity contribution is 7.91. The van der Waals surface area contributed by atoms with Crippen LogP contribution in [0.15, 0.2) is 24.3 Å². The lowest BCUT2D eigenvalue weighted by Crippen LogP contribution is -2.24. The smallest absolute Gasteiger partial charge is 0.328 e. The molecule has 3 atom stereocenters. The summed E-state index contributed by atoms with van der Waals surface area (Å²) in [7, 11) is -3.58. The first-order chi connectivity index (χ1) is 9.79. The van der Waals surface area contributed by atoms with E-state index in [0.29, 0.717) is 10.6 Å². The molecule has 5 nitrogen and oxygen atoms in total. The lowest BCUT2D eigenvalue weighted by Gasteiger charge is -2.08. The van der Waals surface area contributed by atoms with Crippen molar-refractivity contribution in [3.05, 3.63) is 34.9 Å². The molecule has 1 aliphatic carbocycles. The maximum Gasteiger partial charge on any atom is 0.328 e. The fourth-order valence-corrected chi connectivity index (χ4v) is 4.61. The Morgan fingerprint density at radius 1 is 1.43 bits per heavy atom. The van der Waals surface area contributed by atoms with E-state index < -0.39 is 32.4 Å². The van der Waals surface area contributed by atoms with E-state index in [0.717, 1.165) is 6.26 Å². The first-order valence-corrected chi connectivity index (χ1v) is 8.65. The third-order valence-electron chi connectivity index (χ3n) is 3.62. The Balaban J connectivity index is 2.50. The maximum atomic E-state index is 12.1. The number of nitrogens with zero attached hydrogens (tertiary/aromatic N) is 1. The van der Waals surface area contributed by atoms with Gasteiger partial charge < -0.3 is 4.74 Å². The molecule has 1 aromatic rings. The van der Waals surface area contributed by atoms with Crippen LogP contribution in [0.25, 0.3) is 0 Å². The minimum absolute atomic E-state index is 0.0894. The minimum Gasteiger partial charge on any atom is -0.465 e. The molecule has 0 radical (unpaired) electrons. The summed E-state index contributed by atoms with van der Waals surface area (Å²) in [6, 6.07) is 8.33. The van der Waals surface area contributed by atoms with Crippen molar-refractivity contribution in [2.24, 2.45) is 5.41 Å². The molecule has 7 heteroatoms. The molecule has 1 fully saturated rings. The van der Waals surface area contributed by atoms with Gasteiger partial charge in [-0.15, -0.1) is 0 Å². The molecule has 2 rings (SSSR count). The van der Waals surface area contributed by atoms with E-state index in [9.17, 15) is 18.5 Å². The average molecular weight is 328 g/mol. The number of nitriles is 1. The molecule has 0 bridgehead atoms. The van der Waals surface area contributed by atoms with Crippen molar-refractivity contribution in [1.29, 1.82) is 5.26 Å². The molecule has 0 aliphatic heterocycles. The molecule has 0 heterocycles. The quantitative estimate of drug-likeness (QED) is 0.789. The van der Waals surface area contributed by atoms with Crippen molar-refractivity contribution in [2.45, 2.75) is 18.1 Å². The molecule has 0 saturated heterocycles. The zero-order chi connectivity index (χ0) is 15.8. The zero-order valence-electron chi connectivity index (χ0n) is 11.5. The van der Waals surface area contributed by atoms with Crippen LogP contribution in [-0.2, 0) is 19.4 Å². The van der Waals surface area contributed by atoms with E-state index in [2.05, 4.69) is 0 Å². The molecular formula is C14H14ClNO4S. The molecule has 0 N–H and O–H groups in total. The number of esters is 1. The molecule has 0 aromatic heterocycles. The molecule has 1 aromatic carbocycles. The van der Waals surface area contributed by atoms with Crippen LogP contribution >= 0.6 is 11.6 Å². The van der Waals surface area contributed by atoms with Crippen molar-refractivity contribution in [3.8, 4) is 6.07 Å². The summed E-state index contributed by atoms with van der Waals surface area (Å²) in [6.45, 7) is 1.70. The summed E-state index contributed by atoms with van der Waals surface area (Å²) < 4.78 is 28.8.